The van der Waals surface area contributed by atoms with Crippen LogP contribution >= 0.6 is 0 Å². The number of alkyl halides is 2. The fourth-order valence-electron chi connectivity index (χ4n) is 3.67. The molecule has 1 heterocycles. The van der Waals surface area contributed by atoms with Gasteiger partial charge < -0.3 is 4.57 Å². The summed E-state index contributed by atoms with van der Waals surface area (Å²) in [7, 11) is 0. The Kier molecular flexibility index (Phi) is 3.58. The van der Waals surface area contributed by atoms with Crippen molar-refractivity contribution >= 4 is 22.9 Å². The average molecular weight is 333 g/mol. The van der Waals surface area contributed by atoms with Crippen molar-refractivity contribution < 1.29 is 13.6 Å². The van der Waals surface area contributed by atoms with Gasteiger partial charge in [-0.15, -0.1) is 0 Å². The minimum absolute atomic E-state index is 0.141. The first-order chi connectivity index (χ1) is 11.4. The van der Waals surface area contributed by atoms with E-state index in [1.807, 2.05) is 19.1 Å². The largest absolute Gasteiger partial charge is 0.307 e. The van der Waals surface area contributed by atoms with E-state index in [0.717, 1.165) is 29.4 Å². The van der Waals surface area contributed by atoms with Crippen LogP contribution in [0.25, 0.3) is 11.0 Å². The summed E-state index contributed by atoms with van der Waals surface area (Å²) in [4.78, 5) is 16.8. The van der Waals surface area contributed by atoms with Crippen LogP contribution in [0.5, 0.6) is 0 Å². The number of hydrogen-bond donors (Lipinski definition) is 1. The number of hydrogen-bond acceptors (Lipinski definition) is 2. The zero-order chi connectivity index (χ0) is 16.9. The van der Waals surface area contributed by atoms with Crippen LogP contribution in [0.15, 0.2) is 18.2 Å². The van der Waals surface area contributed by atoms with Crippen LogP contribution in [0.2, 0.25) is 0 Å². The molecule has 0 bridgehead atoms. The van der Waals surface area contributed by atoms with Gasteiger partial charge in [-0.2, -0.15) is 0 Å². The molecule has 0 aliphatic heterocycles. The second kappa shape index (κ2) is 5.53. The first kappa shape index (κ1) is 15.5. The number of carbonyl (C=O) groups excluding carboxylic acids is 1. The lowest BCUT2D eigenvalue weighted by Crippen LogP contribution is -2.37. The van der Waals surface area contributed by atoms with Crippen LogP contribution in [-0.4, -0.2) is 21.4 Å². The van der Waals surface area contributed by atoms with Gasteiger partial charge in [0.15, 0.2) is 0 Å². The lowest BCUT2D eigenvalue weighted by Gasteiger charge is -2.34. The second-order valence-electron chi connectivity index (χ2n) is 7.26. The first-order valence-electron chi connectivity index (χ1n) is 8.57. The van der Waals surface area contributed by atoms with Crippen LogP contribution in [0.1, 0.15) is 50.1 Å². The molecule has 0 radical (unpaired) electrons. The molecular formula is C18H21F2N3O. The van der Waals surface area contributed by atoms with Crippen molar-refractivity contribution in [3.63, 3.8) is 0 Å². The number of anilines is 1. The van der Waals surface area contributed by atoms with E-state index in [0.29, 0.717) is 12.0 Å². The number of nitrogens with one attached hydrogen (secondary N) is 1. The van der Waals surface area contributed by atoms with Crippen molar-refractivity contribution in [3.05, 3.63) is 23.8 Å². The molecule has 2 saturated carbocycles. The molecule has 0 saturated heterocycles. The van der Waals surface area contributed by atoms with E-state index in [4.69, 9.17) is 0 Å². The molecule has 6 heteroatoms. The van der Waals surface area contributed by atoms with Gasteiger partial charge in [0.1, 0.15) is 0 Å². The van der Waals surface area contributed by atoms with Gasteiger partial charge in [0, 0.05) is 25.3 Å². The molecule has 4 rings (SSSR count). The fourth-order valence-corrected chi connectivity index (χ4v) is 3.67. The lowest BCUT2D eigenvalue weighted by molar-refractivity contribution is -0.129. The van der Waals surface area contributed by atoms with Crippen molar-refractivity contribution in [2.24, 2.45) is 5.92 Å². The molecule has 4 nitrogen and oxygen atoms in total. The number of aromatic nitrogens is 2. The Bertz CT molecular complexity index is 787. The van der Waals surface area contributed by atoms with Gasteiger partial charge >= 0.3 is 0 Å². The standard InChI is InChI=1S/C18H21F2N3O/c1-11-5-6-14-15(7-11)23(13-3-2-4-13)17(21-14)22-16(24)8-12-9-18(19,20)10-12/h5-7,12-13H,2-4,8-10H2,1H3,(H,21,22,24). The third-order valence-electron chi connectivity index (χ3n) is 5.18. The molecule has 2 aliphatic rings. The van der Waals surface area contributed by atoms with Gasteiger partial charge in [-0.05, 0) is 49.8 Å². The van der Waals surface area contributed by atoms with Crippen molar-refractivity contribution in [2.75, 3.05) is 5.32 Å². The number of rotatable bonds is 4. The number of fused-ring (bicyclic) bond motifs is 1. The highest BCUT2D eigenvalue weighted by molar-refractivity contribution is 5.92. The van der Waals surface area contributed by atoms with E-state index in [9.17, 15) is 13.6 Å². The van der Waals surface area contributed by atoms with E-state index < -0.39 is 5.92 Å². The van der Waals surface area contributed by atoms with Crippen molar-refractivity contribution in [3.8, 4) is 0 Å². The second-order valence-corrected chi connectivity index (χ2v) is 7.26. The minimum atomic E-state index is -2.58. The third-order valence-corrected chi connectivity index (χ3v) is 5.18. The number of carbonyl (C=O) groups is 1. The van der Waals surface area contributed by atoms with Crippen LogP contribution in [0.4, 0.5) is 14.7 Å². The maximum atomic E-state index is 12.9. The molecule has 1 aromatic heterocycles. The summed E-state index contributed by atoms with van der Waals surface area (Å²) in [6.45, 7) is 2.03. The summed E-state index contributed by atoms with van der Waals surface area (Å²) in [6, 6.07) is 6.41. The molecule has 0 spiro atoms. The quantitative estimate of drug-likeness (QED) is 0.899. The van der Waals surface area contributed by atoms with Crippen molar-refractivity contribution in [1.82, 2.24) is 9.55 Å². The van der Waals surface area contributed by atoms with Gasteiger partial charge in [0.05, 0.1) is 11.0 Å². The monoisotopic (exact) mass is 333 g/mol. The van der Waals surface area contributed by atoms with Crippen LogP contribution in [0, 0.1) is 12.8 Å². The Morgan fingerprint density at radius 1 is 1.38 bits per heavy atom. The summed E-state index contributed by atoms with van der Waals surface area (Å²) in [6.07, 6.45) is 3.12. The van der Waals surface area contributed by atoms with E-state index in [1.54, 1.807) is 0 Å². The molecule has 2 aliphatic carbocycles. The van der Waals surface area contributed by atoms with Gasteiger partial charge in [0.2, 0.25) is 17.8 Å². The van der Waals surface area contributed by atoms with E-state index in [-0.39, 0.29) is 31.1 Å². The Labute approximate surface area is 139 Å². The molecule has 0 unspecified atom stereocenters. The van der Waals surface area contributed by atoms with Crippen LogP contribution in [-0.2, 0) is 4.79 Å². The van der Waals surface area contributed by atoms with E-state index in [1.165, 1.54) is 6.42 Å². The normalized spacial score (nSPS) is 20.6. The van der Waals surface area contributed by atoms with Crippen LogP contribution < -0.4 is 5.32 Å². The van der Waals surface area contributed by atoms with Crippen molar-refractivity contribution in [2.45, 2.75) is 57.4 Å². The van der Waals surface area contributed by atoms with Crippen LogP contribution in [0.3, 0.4) is 0 Å². The number of amides is 1. The minimum Gasteiger partial charge on any atom is -0.307 e. The molecule has 128 valence electrons. The number of halogens is 2. The molecule has 2 aromatic rings. The summed E-state index contributed by atoms with van der Waals surface area (Å²) in [5.74, 6) is -2.47. The highest BCUT2D eigenvalue weighted by Gasteiger charge is 2.45. The van der Waals surface area contributed by atoms with Gasteiger partial charge in [-0.1, -0.05) is 6.07 Å². The summed E-state index contributed by atoms with van der Waals surface area (Å²) in [5, 5.41) is 2.86. The third kappa shape index (κ3) is 2.78. The highest BCUT2D eigenvalue weighted by Crippen LogP contribution is 2.44. The SMILES string of the molecule is Cc1ccc2nc(NC(=O)CC3CC(F)(F)C3)n(C3CCC3)c2c1. The maximum absolute atomic E-state index is 12.9. The Morgan fingerprint density at radius 3 is 2.75 bits per heavy atom. The number of aryl methyl sites for hydroxylation is 1. The van der Waals surface area contributed by atoms with Gasteiger partial charge in [-0.25, -0.2) is 13.8 Å². The Hall–Kier alpha value is -1.98. The Balaban J connectivity index is 1.56. The fraction of sp³-hybridized carbons (Fsp3) is 0.556. The molecule has 1 N–H and O–H groups in total. The van der Waals surface area contributed by atoms with Gasteiger partial charge in [0.25, 0.3) is 0 Å². The molecule has 1 amide bonds. The van der Waals surface area contributed by atoms with Crippen molar-refractivity contribution in [1.29, 1.82) is 0 Å². The van der Waals surface area contributed by atoms with E-state index >= 15 is 0 Å². The van der Waals surface area contributed by atoms with Gasteiger partial charge in [-0.3, -0.25) is 10.1 Å². The number of imidazole rings is 1. The predicted octanol–water partition coefficient (Wildman–Crippen LogP) is 4.44. The predicted molar refractivity (Wildman–Crippen MR) is 88.3 cm³/mol. The summed E-state index contributed by atoms with van der Waals surface area (Å²) < 4.78 is 27.9. The summed E-state index contributed by atoms with van der Waals surface area (Å²) in [5.41, 5.74) is 3.04. The first-order valence-corrected chi connectivity index (χ1v) is 8.57. The smallest absolute Gasteiger partial charge is 0.248 e. The molecule has 24 heavy (non-hydrogen) atoms. The molecule has 2 fully saturated rings. The highest BCUT2D eigenvalue weighted by atomic mass is 19.3. The van der Waals surface area contributed by atoms with E-state index in [2.05, 4.69) is 20.9 Å². The zero-order valence-corrected chi connectivity index (χ0v) is 13.7. The Morgan fingerprint density at radius 2 is 2.12 bits per heavy atom. The molecule has 0 atom stereocenters. The molecular weight excluding hydrogens is 312 g/mol. The summed E-state index contributed by atoms with van der Waals surface area (Å²) >= 11 is 0. The molecule has 1 aromatic carbocycles. The maximum Gasteiger partial charge on any atom is 0.248 e. The number of nitrogens with zero attached hydrogens (tertiary/aromatic N) is 2. The zero-order valence-electron chi connectivity index (χ0n) is 13.7. The average Bonchev–Trinajstić information content (AvgIpc) is 2.73. The topological polar surface area (TPSA) is 46.9 Å². The number of benzene rings is 1. The lowest BCUT2D eigenvalue weighted by atomic mass is 9.79.